The van der Waals surface area contributed by atoms with Crippen LogP contribution in [-0.2, 0) is 4.74 Å². The zero-order valence-electron chi connectivity index (χ0n) is 14.3. The van der Waals surface area contributed by atoms with Crippen LogP contribution in [0.3, 0.4) is 0 Å². The molecule has 9 heteroatoms. The molecule has 0 spiro atoms. The number of halogens is 3. The highest BCUT2D eigenvalue weighted by Gasteiger charge is 2.28. The molecule has 27 heavy (non-hydrogen) atoms. The number of hydrogen-bond donors (Lipinski definition) is 0. The van der Waals surface area contributed by atoms with Crippen molar-refractivity contribution in [2.75, 3.05) is 12.9 Å². The van der Waals surface area contributed by atoms with Crippen molar-refractivity contribution in [1.82, 2.24) is 9.55 Å². The highest BCUT2D eigenvalue weighted by atomic mass is 32.2. The van der Waals surface area contributed by atoms with E-state index in [0.717, 1.165) is 11.8 Å². The molecule has 0 unspecified atom stereocenters. The van der Waals surface area contributed by atoms with Gasteiger partial charge in [0.15, 0.2) is 17.5 Å². The average Bonchev–Trinajstić information content (AvgIpc) is 2.67. The molecule has 0 saturated carbocycles. The van der Waals surface area contributed by atoms with E-state index in [1.165, 1.54) is 29.1 Å². The van der Waals surface area contributed by atoms with Crippen LogP contribution < -0.4 is 5.43 Å². The molecule has 2 heterocycles. The minimum Gasteiger partial charge on any atom is -0.462 e. The Bertz CT molecular complexity index is 1100. The molecule has 0 bridgehead atoms. The molecule has 0 saturated heterocycles. The first kappa shape index (κ1) is 19.0. The lowest BCUT2D eigenvalue weighted by molar-refractivity contribution is 0.0519. The number of pyridine rings is 2. The molecule has 0 atom stereocenters. The Morgan fingerprint density at radius 1 is 1.22 bits per heavy atom. The summed E-state index contributed by atoms with van der Waals surface area (Å²) < 4.78 is 48.5. The van der Waals surface area contributed by atoms with E-state index in [2.05, 4.69) is 4.98 Å². The van der Waals surface area contributed by atoms with Gasteiger partial charge >= 0.3 is 5.97 Å². The molecule has 140 valence electrons. The molecule has 0 aliphatic heterocycles. The Morgan fingerprint density at radius 2 is 1.89 bits per heavy atom. The van der Waals surface area contributed by atoms with E-state index >= 15 is 0 Å². The SMILES string of the molecule is CCOC(=O)c1c(SC)n(-c2ccncc2)c2c(F)c(F)c(F)cc2c1=O. The average molecular weight is 394 g/mol. The van der Waals surface area contributed by atoms with E-state index in [4.69, 9.17) is 4.74 Å². The fourth-order valence-corrected chi connectivity index (χ4v) is 3.50. The quantitative estimate of drug-likeness (QED) is 0.384. The van der Waals surface area contributed by atoms with E-state index in [9.17, 15) is 22.8 Å². The van der Waals surface area contributed by atoms with E-state index in [-0.39, 0.29) is 17.2 Å². The van der Waals surface area contributed by atoms with Crippen molar-refractivity contribution in [1.29, 1.82) is 0 Å². The van der Waals surface area contributed by atoms with Gasteiger partial charge in [0, 0.05) is 18.1 Å². The molecule has 0 aliphatic rings. The molecule has 0 radical (unpaired) electrons. The summed E-state index contributed by atoms with van der Waals surface area (Å²) in [7, 11) is 0. The number of thioether (sulfide) groups is 1. The largest absolute Gasteiger partial charge is 0.462 e. The molecule has 2 aromatic heterocycles. The van der Waals surface area contributed by atoms with Gasteiger partial charge in [-0.05, 0) is 31.4 Å². The first-order valence-corrected chi connectivity index (χ1v) is 9.02. The Kier molecular flexibility index (Phi) is 5.22. The van der Waals surface area contributed by atoms with Crippen LogP contribution in [0.4, 0.5) is 13.2 Å². The van der Waals surface area contributed by atoms with Crippen LogP contribution in [0.25, 0.3) is 16.6 Å². The smallest absolute Gasteiger partial charge is 0.344 e. The monoisotopic (exact) mass is 394 g/mol. The molecule has 0 fully saturated rings. The van der Waals surface area contributed by atoms with Crippen LogP contribution in [0.1, 0.15) is 17.3 Å². The van der Waals surface area contributed by atoms with Gasteiger partial charge in [0.2, 0.25) is 5.43 Å². The zero-order valence-corrected chi connectivity index (χ0v) is 15.1. The molecular weight excluding hydrogens is 381 g/mol. The molecule has 3 aromatic rings. The van der Waals surface area contributed by atoms with Crippen molar-refractivity contribution in [3.05, 3.63) is 63.8 Å². The van der Waals surface area contributed by atoms with Crippen molar-refractivity contribution in [3.8, 4) is 5.69 Å². The molecule has 1 aromatic carbocycles. The van der Waals surface area contributed by atoms with Gasteiger partial charge < -0.3 is 9.30 Å². The van der Waals surface area contributed by atoms with Crippen LogP contribution in [-0.4, -0.2) is 28.4 Å². The van der Waals surface area contributed by atoms with Crippen molar-refractivity contribution in [3.63, 3.8) is 0 Å². The standard InChI is InChI=1S/C18H13F3N2O3S/c1-3-26-18(25)12-16(24)10-8-11(19)13(20)14(21)15(10)23(17(12)27-2)9-4-6-22-7-5-9/h4-8H,3H2,1-2H3. The first-order valence-electron chi connectivity index (χ1n) is 7.80. The zero-order chi connectivity index (χ0) is 19.7. The maximum absolute atomic E-state index is 14.7. The number of benzene rings is 1. The van der Waals surface area contributed by atoms with Gasteiger partial charge in [0.05, 0.1) is 22.5 Å². The third-order valence-corrected chi connectivity index (χ3v) is 4.62. The lowest BCUT2D eigenvalue weighted by atomic mass is 10.1. The van der Waals surface area contributed by atoms with Gasteiger partial charge in [0.25, 0.3) is 0 Å². The summed E-state index contributed by atoms with van der Waals surface area (Å²) in [5.74, 6) is -5.68. The third-order valence-electron chi connectivity index (χ3n) is 3.84. The van der Waals surface area contributed by atoms with Crippen LogP contribution >= 0.6 is 11.8 Å². The Morgan fingerprint density at radius 3 is 2.48 bits per heavy atom. The Hall–Kier alpha value is -2.81. The molecule has 3 rings (SSSR count). The number of ether oxygens (including phenoxy) is 1. The van der Waals surface area contributed by atoms with E-state index in [1.807, 2.05) is 0 Å². The van der Waals surface area contributed by atoms with Crippen molar-refractivity contribution in [2.24, 2.45) is 0 Å². The van der Waals surface area contributed by atoms with Crippen molar-refractivity contribution < 1.29 is 22.7 Å². The predicted octanol–water partition coefficient (Wildman–Crippen LogP) is 3.70. The van der Waals surface area contributed by atoms with Crippen molar-refractivity contribution >= 4 is 28.6 Å². The van der Waals surface area contributed by atoms with Gasteiger partial charge in [-0.2, -0.15) is 0 Å². The third kappa shape index (κ3) is 3.08. The van der Waals surface area contributed by atoms with Gasteiger partial charge in [-0.1, -0.05) is 0 Å². The number of aromatic nitrogens is 2. The summed E-state index contributed by atoms with van der Waals surface area (Å²) in [4.78, 5) is 29.1. The second-order valence-corrected chi connectivity index (χ2v) is 6.15. The highest BCUT2D eigenvalue weighted by molar-refractivity contribution is 7.98. The number of carbonyl (C=O) groups excluding carboxylic acids is 1. The number of hydrogen-bond acceptors (Lipinski definition) is 5. The first-order chi connectivity index (χ1) is 12.9. The maximum Gasteiger partial charge on any atom is 0.344 e. The molecule has 5 nitrogen and oxygen atoms in total. The number of fused-ring (bicyclic) bond motifs is 1. The second kappa shape index (κ2) is 7.43. The highest BCUT2D eigenvalue weighted by Crippen LogP contribution is 2.31. The number of carbonyl (C=O) groups is 1. The van der Waals surface area contributed by atoms with E-state index in [1.54, 1.807) is 13.2 Å². The van der Waals surface area contributed by atoms with Gasteiger partial charge in [-0.15, -0.1) is 11.8 Å². The summed E-state index contributed by atoms with van der Waals surface area (Å²) in [6, 6.07) is 3.55. The van der Waals surface area contributed by atoms with E-state index < -0.39 is 39.8 Å². The minimum absolute atomic E-state index is 0.00548. The maximum atomic E-state index is 14.7. The summed E-state index contributed by atoms with van der Waals surface area (Å²) in [6.07, 6.45) is 4.38. The fraction of sp³-hybridized carbons (Fsp3) is 0.167. The molecule has 0 N–H and O–H groups in total. The number of esters is 1. The van der Waals surface area contributed by atoms with Gasteiger partial charge in [-0.3, -0.25) is 9.78 Å². The lowest BCUT2D eigenvalue weighted by Gasteiger charge is -2.19. The number of nitrogens with zero attached hydrogens (tertiary/aromatic N) is 2. The van der Waals surface area contributed by atoms with Crippen LogP contribution in [0.2, 0.25) is 0 Å². The van der Waals surface area contributed by atoms with Gasteiger partial charge in [0.1, 0.15) is 5.56 Å². The molecular formula is C18H13F3N2O3S. The summed E-state index contributed by atoms with van der Waals surface area (Å²) >= 11 is 0.978. The Labute approximate surface area is 155 Å². The predicted molar refractivity (Wildman–Crippen MR) is 95.0 cm³/mol. The normalized spacial score (nSPS) is 11.0. The van der Waals surface area contributed by atoms with Crippen molar-refractivity contribution in [2.45, 2.75) is 11.9 Å². The molecule has 0 aliphatic carbocycles. The molecule has 0 amide bonds. The fourth-order valence-electron chi connectivity index (χ4n) is 2.74. The van der Waals surface area contributed by atoms with Crippen LogP contribution in [0.15, 0.2) is 40.4 Å². The Balaban J connectivity index is 2.60. The second-order valence-electron chi connectivity index (χ2n) is 5.36. The summed E-state index contributed by atoms with van der Waals surface area (Å²) in [5.41, 5.74) is -1.47. The van der Waals surface area contributed by atoms with Crippen LogP contribution in [0, 0.1) is 17.5 Å². The van der Waals surface area contributed by atoms with Gasteiger partial charge in [-0.25, -0.2) is 18.0 Å². The number of rotatable bonds is 4. The topological polar surface area (TPSA) is 61.2 Å². The lowest BCUT2D eigenvalue weighted by Crippen LogP contribution is -2.24. The van der Waals surface area contributed by atoms with E-state index in [0.29, 0.717) is 11.8 Å². The summed E-state index contributed by atoms with van der Waals surface area (Å²) in [6.45, 7) is 1.57. The minimum atomic E-state index is -1.71. The summed E-state index contributed by atoms with van der Waals surface area (Å²) in [5, 5.41) is -0.425. The van der Waals surface area contributed by atoms with Crippen LogP contribution in [0.5, 0.6) is 0 Å².